The Kier molecular flexibility index (Phi) is 13.3. The van der Waals surface area contributed by atoms with E-state index in [1.807, 2.05) is 18.2 Å². The Morgan fingerprint density at radius 2 is 1.60 bits per heavy atom. The molecule has 1 heterocycles. The molecule has 4 heteroatoms. The van der Waals surface area contributed by atoms with E-state index in [-0.39, 0.29) is 26.6 Å². The molecule has 1 N–H and O–H groups in total. The number of hydrogen-bond donors (Lipinski definition) is 1. The predicted octanol–water partition coefficient (Wildman–Crippen LogP) is 0.780. The number of nitrogens with zero attached hydrogens (tertiary/aromatic N) is 1. The van der Waals surface area contributed by atoms with Crippen molar-refractivity contribution in [2.24, 2.45) is 0 Å². The van der Waals surface area contributed by atoms with E-state index in [1.165, 1.54) is 0 Å². The average Bonchev–Trinajstić information content (AvgIpc) is 1.93. The quantitative estimate of drug-likeness (QED) is 0.720. The smallest absolute Gasteiger partial charge is 0.290 e. The van der Waals surface area contributed by atoms with Gasteiger partial charge in [0.05, 0.1) is 0 Å². The zero-order chi connectivity index (χ0) is 6.95. The van der Waals surface area contributed by atoms with Crippen LogP contribution in [-0.2, 0) is 24.9 Å². The molecule has 1 rings (SSSR count). The summed E-state index contributed by atoms with van der Waals surface area (Å²) >= 11 is 0. The Bertz CT molecular complexity index is 119. The Morgan fingerprint density at radius 3 is 1.70 bits per heavy atom. The molecule has 10 heavy (non-hydrogen) atoms. The van der Waals surface area contributed by atoms with Gasteiger partial charge in [0.1, 0.15) is 0 Å². The Morgan fingerprint density at radius 1 is 1.20 bits per heavy atom. The molecule has 0 spiro atoms. The third-order valence-corrected chi connectivity index (χ3v) is 0.566. The van der Waals surface area contributed by atoms with Crippen molar-refractivity contribution in [3.63, 3.8) is 0 Å². The van der Waals surface area contributed by atoms with Gasteiger partial charge in [0, 0.05) is 32.5 Å². The van der Waals surface area contributed by atoms with Crippen molar-refractivity contribution < 1.29 is 30.0 Å². The molecular weight excluding hydrogens is 310 g/mol. The van der Waals surface area contributed by atoms with Crippen LogP contribution in [0.25, 0.3) is 0 Å². The first-order chi connectivity index (χ1) is 4.41. The maximum atomic E-state index is 8.36. The molecule has 1 aromatic heterocycles. The average molecular weight is 317 g/mol. The molecule has 0 aromatic carbocycles. The van der Waals surface area contributed by atoms with Crippen LogP contribution < -0.4 is 0 Å². The van der Waals surface area contributed by atoms with Crippen LogP contribution in [0.3, 0.4) is 0 Å². The largest absolute Gasteiger partial charge is 0.483 e. The summed E-state index contributed by atoms with van der Waals surface area (Å²) in [5.74, 6) is 0. The first-order valence-electron chi connectivity index (χ1n) is 2.34. The second-order valence-corrected chi connectivity index (χ2v) is 1.13. The van der Waals surface area contributed by atoms with Crippen LogP contribution in [0.2, 0.25) is 0 Å². The van der Waals surface area contributed by atoms with Gasteiger partial charge in [0.15, 0.2) is 0 Å². The number of carboxylic acid groups (broad SMARTS) is 1. The normalized spacial score (nSPS) is 6.00. The molecule has 0 aliphatic carbocycles. The molecule has 0 unspecified atom stereocenters. The minimum atomic E-state index is -0.250. The second-order valence-electron chi connectivity index (χ2n) is 1.13. The molecule has 0 bridgehead atoms. The van der Waals surface area contributed by atoms with Crippen molar-refractivity contribution in [2.45, 2.75) is 0 Å². The first-order valence-corrected chi connectivity index (χ1v) is 2.34. The predicted molar refractivity (Wildman–Crippen MR) is 32.9 cm³/mol. The van der Waals surface area contributed by atoms with E-state index in [1.54, 1.807) is 12.4 Å². The monoisotopic (exact) mass is 318 g/mol. The van der Waals surface area contributed by atoms with Gasteiger partial charge in [-0.3, -0.25) is 9.78 Å². The van der Waals surface area contributed by atoms with Crippen molar-refractivity contribution in [3.8, 4) is 0 Å². The van der Waals surface area contributed by atoms with Gasteiger partial charge in [-0.05, 0) is 12.1 Å². The van der Waals surface area contributed by atoms with Gasteiger partial charge in [-0.15, -0.1) is 0 Å². The van der Waals surface area contributed by atoms with E-state index in [9.17, 15) is 0 Å². The molecule has 1 aromatic rings. The number of aromatic nitrogens is 1. The van der Waals surface area contributed by atoms with E-state index < -0.39 is 0 Å². The van der Waals surface area contributed by atoms with E-state index >= 15 is 0 Å². The third-order valence-electron chi connectivity index (χ3n) is 0.566. The zero-order valence-electron chi connectivity index (χ0n) is 5.10. The van der Waals surface area contributed by atoms with Crippen molar-refractivity contribution in [2.75, 3.05) is 0 Å². The summed E-state index contributed by atoms with van der Waals surface area (Å²) in [6.45, 7) is -0.250. The van der Waals surface area contributed by atoms with Gasteiger partial charge in [-0.1, -0.05) is 6.07 Å². The summed E-state index contributed by atoms with van der Waals surface area (Å²) < 4.78 is 0. The standard InChI is InChI=1S/C5H5N.CH2O2.Ir/c1-2-4-6-5-3-1;2-1-3;/h1-5H;1H,(H,2,3);. The fourth-order valence-corrected chi connectivity index (χ4v) is 0.313. The summed E-state index contributed by atoms with van der Waals surface area (Å²) in [4.78, 5) is 12.1. The topological polar surface area (TPSA) is 50.2 Å². The van der Waals surface area contributed by atoms with Crippen molar-refractivity contribution in [1.82, 2.24) is 4.98 Å². The van der Waals surface area contributed by atoms with E-state index in [0.717, 1.165) is 0 Å². The minimum absolute atomic E-state index is 0. The summed E-state index contributed by atoms with van der Waals surface area (Å²) in [5.41, 5.74) is 0. The third kappa shape index (κ3) is 10.3. The molecular formula is C6H7IrNO2. The SMILES string of the molecule is O=CO.[Ir].c1ccncc1. The maximum absolute atomic E-state index is 8.36. The van der Waals surface area contributed by atoms with Gasteiger partial charge >= 0.3 is 0 Å². The van der Waals surface area contributed by atoms with Gasteiger partial charge < -0.3 is 5.11 Å². The molecule has 57 valence electrons. The Labute approximate surface area is 72.5 Å². The number of carbonyl (C=O) groups is 1. The molecule has 0 aliphatic rings. The summed E-state index contributed by atoms with van der Waals surface area (Å²) in [6.07, 6.45) is 3.50. The van der Waals surface area contributed by atoms with E-state index in [4.69, 9.17) is 9.90 Å². The van der Waals surface area contributed by atoms with Crippen LogP contribution in [0, 0.1) is 0 Å². The van der Waals surface area contributed by atoms with Gasteiger partial charge in [-0.2, -0.15) is 0 Å². The minimum Gasteiger partial charge on any atom is -0.483 e. The molecule has 0 saturated heterocycles. The zero-order valence-corrected chi connectivity index (χ0v) is 7.50. The molecule has 1 radical (unpaired) electrons. The first kappa shape index (κ1) is 12.0. The molecule has 0 amide bonds. The summed E-state index contributed by atoms with van der Waals surface area (Å²) in [6, 6.07) is 5.72. The molecule has 0 fully saturated rings. The molecule has 0 atom stereocenters. The maximum Gasteiger partial charge on any atom is 0.290 e. The van der Waals surface area contributed by atoms with Crippen molar-refractivity contribution in [3.05, 3.63) is 30.6 Å². The van der Waals surface area contributed by atoms with Crippen LogP contribution in [0.15, 0.2) is 30.6 Å². The fraction of sp³-hybridized carbons (Fsp3) is 0. The number of pyridine rings is 1. The van der Waals surface area contributed by atoms with E-state index in [2.05, 4.69) is 4.98 Å². The van der Waals surface area contributed by atoms with Crippen LogP contribution in [0.5, 0.6) is 0 Å². The van der Waals surface area contributed by atoms with Crippen LogP contribution in [0.1, 0.15) is 0 Å². The van der Waals surface area contributed by atoms with Crippen LogP contribution in [-0.4, -0.2) is 16.6 Å². The second kappa shape index (κ2) is 11.1. The Balaban J connectivity index is 0. The Hall–Kier alpha value is -0.731. The van der Waals surface area contributed by atoms with Gasteiger partial charge in [0.25, 0.3) is 6.47 Å². The van der Waals surface area contributed by atoms with Crippen molar-refractivity contribution >= 4 is 6.47 Å². The fourth-order valence-electron chi connectivity index (χ4n) is 0.313. The van der Waals surface area contributed by atoms with Gasteiger partial charge in [-0.25, -0.2) is 0 Å². The summed E-state index contributed by atoms with van der Waals surface area (Å²) in [5, 5.41) is 6.89. The molecule has 3 nitrogen and oxygen atoms in total. The van der Waals surface area contributed by atoms with E-state index in [0.29, 0.717) is 0 Å². The molecule has 0 saturated carbocycles. The number of hydrogen-bond acceptors (Lipinski definition) is 2. The van der Waals surface area contributed by atoms with Gasteiger partial charge in [0.2, 0.25) is 0 Å². The molecule has 0 aliphatic heterocycles. The summed E-state index contributed by atoms with van der Waals surface area (Å²) in [7, 11) is 0. The van der Waals surface area contributed by atoms with Crippen LogP contribution in [0.4, 0.5) is 0 Å². The van der Waals surface area contributed by atoms with Crippen molar-refractivity contribution in [1.29, 1.82) is 0 Å². The van der Waals surface area contributed by atoms with Crippen LogP contribution >= 0.6 is 0 Å². The number of rotatable bonds is 0.